The van der Waals surface area contributed by atoms with E-state index in [2.05, 4.69) is 26.5 Å². The van der Waals surface area contributed by atoms with E-state index in [1.807, 2.05) is 24.3 Å². The van der Waals surface area contributed by atoms with Gasteiger partial charge in [-0.2, -0.15) is 9.45 Å². The first-order chi connectivity index (χ1) is 15.5. The van der Waals surface area contributed by atoms with Crippen LogP contribution in [-0.4, -0.2) is 31.7 Å². The standard InChI is InChI=1S/C18H16N3O5S2.2Na.H2O4S/c1-2-28(23,24)14-9-7-13(8-10-14)20-21-18-16(27-26-25-22)11-12-5-3-4-6-15(12)17(18)19;;;1-5(2,3)4/h3-11,22H,1-2,19H2;;;(H2,1,2,3,4)/q-1;2*+1;/p-2. The normalized spacial score (nSPS) is 11.3. The van der Waals surface area contributed by atoms with Crippen molar-refractivity contribution < 1.29 is 99.7 Å². The molecule has 17 heteroatoms. The van der Waals surface area contributed by atoms with Crippen molar-refractivity contribution in [2.75, 3.05) is 11.5 Å². The van der Waals surface area contributed by atoms with Gasteiger partial charge >= 0.3 is 59.1 Å². The smallest absolute Gasteiger partial charge is 0.726 e. The van der Waals surface area contributed by atoms with E-state index >= 15 is 0 Å². The molecule has 0 unspecified atom stereocenters. The minimum Gasteiger partial charge on any atom is -0.726 e. The quantitative estimate of drug-likeness (QED) is 0.0337. The molecule has 12 nitrogen and oxygen atoms in total. The molecule has 3 aromatic rings. The van der Waals surface area contributed by atoms with Crippen LogP contribution in [0.5, 0.6) is 0 Å². The van der Waals surface area contributed by atoms with Gasteiger partial charge in [-0.15, -0.1) is 5.11 Å². The Morgan fingerprint density at radius 3 is 2.14 bits per heavy atom. The third kappa shape index (κ3) is 11.1. The summed E-state index contributed by atoms with van der Waals surface area (Å²) < 4.78 is 60.9. The number of nitrogens with zero attached hydrogens (tertiary/aromatic N) is 2. The first kappa shape index (κ1) is 34.4. The largest absolute Gasteiger partial charge is 1.00 e. The summed E-state index contributed by atoms with van der Waals surface area (Å²) in [6, 6.07) is 15.0. The van der Waals surface area contributed by atoms with Gasteiger partial charge in [0.1, 0.15) is 5.69 Å². The number of sulfone groups is 1. The zero-order valence-corrected chi connectivity index (χ0v) is 25.0. The van der Waals surface area contributed by atoms with Gasteiger partial charge in [0, 0.05) is 5.39 Å². The fourth-order valence-corrected chi connectivity index (χ4v) is 3.79. The van der Waals surface area contributed by atoms with Crippen molar-refractivity contribution in [2.45, 2.75) is 9.79 Å². The summed E-state index contributed by atoms with van der Waals surface area (Å²) in [5.41, 5.74) is 7.31. The molecule has 3 aromatic carbocycles. The number of hydrogen-bond acceptors (Lipinski definition) is 12. The topological polar surface area (TPSA) is 204 Å². The number of fused-ring (bicyclic) bond motifs is 1. The molecule has 0 aliphatic heterocycles. The Kier molecular flexibility index (Phi) is 15.3. The average Bonchev–Trinajstić information content (AvgIpc) is 2.76. The van der Waals surface area contributed by atoms with Crippen molar-refractivity contribution in [1.82, 2.24) is 0 Å². The molecule has 0 aromatic heterocycles. The monoisotopic (exact) mass is 560 g/mol. The van der Waals surface area contributed by atoms with Gasteiger partial charge in [0.25, 0.3) is 0 Å². The Labute approximate surface area is 250 Å². The summed E-state index contributed by atoms with van der Waals surface area (Å²) in [5, 5.41) is 23.5. The molecule has 0 saturated heterocycles. The van der Waals surface area contributed by atoms with Gasteiger partial charge in [-0.05, 0) is 35.7 Å². The summed E-state index contributed by atoms with van der Waals surface area (Å²) in [6.07, 6.45) is 0. The Hall–Kier alpha value is -0.630. The summed E-state index contributed by atoms with van der Waals surface area (Å²) in [7, 11) is -8.31. The van der Waals surface area contributed by atoms with E-state index in [1.54, 1.807) is 6.07 Å². The third-order valence-corrected chi connectivity index (χ3v) is 6.05. The Morgan fingerprint density at radius 2 is 1.60 bits per heavy atom. The maximum Gasteiger partial charge on any atom is 1.00 e. The molecule has 0 aliphatic carbocycles. The van der Waals surface area contributed by atoms with E-state index in [9.17, 15) is 13.7 Å². The SMILES string of the molecule is O=S(=O)([O-])O.[CH2-]CS(=O)(=O)c1ccc(N=Nc2c(SOO[O-])cc3ccccc3c2N)cc1.[Na+].[Na+]. The summed E-state index contributed by atoms with van der Waals surface area (Å²) >= 11 is 0.665. The van der Waals surface area contributed by atoms with Crippen LogP contribution in [0.2, 0.25) is 0 Å². The minimum absolute atomic E-state index is 0. The van der Waals surface area contributed by atoms with Gasteiger partial charge in [0.05, 0.1) is 33.2 Å². The molecule has 0 radical (unpaired) electrons. The molecule has 0 spiro atoms. The van der Waals surface area contributed by atoms with Crippen molar-refractivity contribution in [2.24, 2.45) is 10.2 Å². The van der Waals surface area contributed by atoms with Crippen LogP contribution < -0.4 is 70.1 Å². The Morgan fingerprint density at radius 1 is 1.03 bits per heavy atom. The van der Waals surface area contributed by atoms with E-state index in [0.717, 1.165) is 10.8 Å². The number of hydrogen-bond donors (Lipinski definition) is 2. The molecule has 0 saturated carbocycles. The molecule has 0 aliphatic rings. The minimum atomic E-state index is -4.92. The molecule has 35 heavy (non-hydrogen) atoms. The predicted molar refractivity (Wildman–Crippen MR) is 117 cm³/mol. The molecule has 0 fully saturated rings. The van der Waals surface area contributed by atoms with Crippen molar-refractivity contribution in [3.8, 4) is 0 Å². The second kappa shape index (κ2) is 15.6. The third-order valence-electron chi connectivity index (χ3n) is 3.91. The van der Waals surface area contributed by atoms with Gasteiger partial charge in [0.2, 0.25) is 10.4 Å². The van der Waals surface area contributed by atoms with Crippen LogP contribution >= 0.6 is 12.0 Å². The van der Waals surface area contributed by atoms with Gasteiger partial charge in [-0.3, -0.25) is 9.59 Å². The van der Waals surface area contributed by atoms with Gasteiger partial charge in [0.15, 0.2) is 9.84 Å². The molecule has 3 rings (SSSR count). The molecular weight excluding hydrogens is 544 g/mol. The summed E-state index contributed by atoms with van der Waals surface area (Å²) in [5.74, 6) is -0.232. The molecule has 178 valence electrons. The van der Waals surface area contributed by atoms with E-state index in [1.165, 1.54) is 24.3 Å². The van der Waals surface area contributed by atoms with Gasteiger partial charge in [-0.25, -0.2) is 16.8 Å². The van der Waals surface area contributed by atoms with E-state index in [0.29, 0.717) is 34.0 Å². The zero-order valence-electron chi connectivity index (χ0n) is 18.5. The van der Waals surface area contributed by atoms with Gasteiger partial charge in [-0.1, -0.05) is 30.0 Å². The maximum absolute atomic E-state index is 11.8. The number of nitrogens with two attached hydrogens (primary N) is 1. The second-order valence-electron chi connectivity index (χ2n) is 6.02. The van der Waals surface area contributed by atoms with Crippen molar-refractivity contribution in [1.29, 1.82) is 0 Å². The van der Waals surface area contributed by atoms with Crippen LogP contribution in [0.15, 0.2) is 74.6 Å². The first-order valence-corrected chi connectivity index (χ1v) is 12.4. The molecule has 0 amide bonds. The number of anilines is 1. The first-order valence-electron chi connectivity index (χ1n) is 8.62. The van der Waals surface area contributed by atoms with Crippen LogP contribution in [0.4, 0.5) is 17.1 Å². The maximum atomic E-state index is 11.8. The van der Waals surface area contributed by atoms with Crippen molar-refractivity contribution in [3.05, 3.63) is 61.5 Å². The Balaban J connectivity index is 0.00000150. The van der Waals surface area contributed by atoms with Crippen molar-refractivity contribution in [3.63, 3.8) is 0 Å². The van der Waals surface area contributed by atoms with Crippen LogP contribution in [0.25, 0.3) is 10.8 Å². The number of azo groups is 1. The Bertz CT molecular complexity index is 1350. The fourth-order valence-electron chi connectivity index (χ4n) is 2.50. The van der Waals surface area contributed by atoms with Crippen LogP contribution in [0.3, 0.4) is 0 Å². The van der Waals surface area contributed by atoms with E-state index in [4.69, 9.17) is 23.3 Å². The van der Waals surface area contributed by atoms with Gasteiger partial charge < -0.3 is 22.5 Å². The van der Waals surface area contributed by atoms with Crippen LogP contribution in [0, 0.1) is 6.92 Å². The van der Waals surface area contributed by atoms with Crippen molar-refractivity contribution >= 4 is 60.1 Å². The molecule has 3 N–H and O–H groups in total. The zero-order chi connectivity index (χ0) is 24.6. The summed E-state index contributed by atoms with van der Waals surface area (Å²) in [4.78, 5) is 0.593. The fraction of sp³-hybridized carbons (Fsp3) is 0.0556. The predicted octanol–water partition coefficient (Wildman–Crippen LogP) is -3.31. The number of benzene rings is 3. The average molecular weight is 561 g/mol. The molecule has 0 atom stereocenters. The number of rotatable bonds is 7. The van der Waals surface area contributed by atoms with E-state index < -0.39 is 20.2 Å². The summed E-state index contributed by atoms with van der Waals surface area (Å²) in [6.45, 7) is 3.41. The molecule has 0 heterocycles. The van der Waals surface area contributed by atoms with Crippen LogP contribution in [0.1, 0.15) is 0 Å². The molecular formula is C18H16N3Na2O9S3-. The number of nitrogen functional groups attached to an aromatic ring is 1. The van der Waals surface area contributed by atoms with Crippen LogP contribution in [-0.2, 0) is 29.6 Å². The second-order valence-corrected chi connectivity index (χ2v) is 9.73. The molecule has 0 bridgehead atoms. The van der Waals surface area contributed by atoms with E-state index in [-0.39, 0.29) is 69.8 Å².